The third-order valence-corrected chi connectivity index (χ3v) is 3.27. The van der Waals surface area contributed by atoms with Gasteiger partial charge in [-0.05, 0) is 24.3 Å². The van der Waals surface area contributed by atoms with Crippen LogP contribution in [-0.2, 0) is 14.8 Å². The number of carboxylic acids is 1. The molecule has 0 saturated carbocycles. The highest BCUT2D eigenvalue weighted by Gasteiger charge is 2.11. The summed E-state index contributed by atoms with van der Waals surface area (Å²) in [5.41, 5.74) is 0.482. The number of rotatable bonds is 5. The third-order valence-electron chi connectivity index (χ3n) is 2.06. The molecule has 6 nitrogen and oxygen atoms in total. The quantitative estimate of drug-likeness (QED) is 0.834. The lowest BCUT2D eigenvalue weighted by atomic mass is 10.3. The van der Waals surface area contributed by atoms with E-state index < -0.39 is 22.6 Å². The van der Waals surface area contributed by atoms with Crippen molar-refractivity contribution in [2.24, 2.45) is 0 Å². The molecule has 17 heavy (non-hydrogen) atoms. The highest BCUT2D eigenvalue weighted by Crippen LogP contribution is 2.19. The van der Waals surface area contributed by atoms with E-state index in [1.165, 1.54) is 31.3 Å². The van der Waals surface area contributed by atoms with Crippen molar-refractivity contribution in [3.8, 4) is 5.75 Å². The van der Waals surface area contributed by atoms with E-state index in [-0.39, 0.29) is 0 Å². The Morgan fingerprint density at radius 2 is 1.88 bits per heavy atom. The van der Waals surface area contributed by atoms with Crippen molar-refractivity contribution in [3.05, 3.63) is 24.3 Å². The van der Waals surface area contributed by atoms with Crippen LogP contribution >= 0.6 is 0 Å². The van der Waals surface area contributed by atoms with Crippen LogP contribution in [0.15, 0.2) is 24.3 Å². The topological polar surface area (TPSA) is 83.9 Å². The summed E-state index contributed by atoms with van der Waals surface area (Å²) < 4.78 is 28.5. The van der Waals surface area contributed by atoms with Gasteiger partial charge in [0.15, 0.2) is 6.61 Å². The van der Waals surface area contributed by atoms with E-state index in [0.29, 0.717) is 11.4 Å². The van der Waals surface area contributed by atoms with Crippen LogP contribution in [0.4, 0.5) is 5.69 Å². The van der Waals surface area contributed by atoms with Gasteiger partial charge < -0.3 is 9.84 Å². The first kappa shape index (κ1) is 13.3. The molecule has 0 heterocycles. The van der Waals surface area contributed by atoms with Crippen LogP contribution < -0.4 is 9.04 Å². The molecular formula is C10H13NO5S. The molecule has 0 atom stereocenters. The van der Waals surface area contributed by atoms with Gasteiger partial charge in [-0.25, -0.2) is 13.2 Å². The van der Waals surface area contributed by atoms with Crippen LogP contribution in [0.5, 0.6) is 5.75 Å². The number of ether oxygens (including phenoxy) is 1. The monoisotopic (exact) mass is 259 g/mol. The molecule has 7 heteroatoms. The Kier molecular flexibility index (Phi) is 3.95. The maximum atomic E-state index is 11.2. The minimum atomic E-state index is -3.30. The predicted octanol–water partition coefficient (Wildman–Crippen LogP) is 0.546. The maximum Gasteiger partial charge on any atom is 0.341 e. The van der Waals surface area contributed by atoms with Crippen LogP contribution in [-0.4, -0.2) is 39.4 Å². The second-order valence-electron chi connectivity index (χ2n) is 3.41. The van der Waals surface area contributed by atoms with Crippen LogP contribution in [0, 0.1) is 0 Å². The van der Waals surface area contributed by atoms with Crippen molar-refractivity contribution in [1.29, 1.82) is 0 Å². The van der Waals surface area contributed by atoms with Gasteiger partial charge in [0.25, 0.3) is 0 Å². The fraction of sp³-hybridized carbons (Fsp3) is 0.300. The fourth-order valence-corrected chi connectivity index (χ4v) is 1.59. The summed E-state index contributed by atoms with van der Waals surface area (Å²) in [6, 6.07) is 6.11. The number of hydrogen-bond acceptors (Lipinski definition) is 4. The molecule has 0 aliphatic heterocycles. The number of nitrogens with zero attached hydrogens (tertiary/aromatic N) is 1. The van der Waals surface area contributed by atoms with Gasteiger partial charge in [0.1, 0.15) is 5.75 Å². The Morgan fingerprint density at radius 3 is 2.29 bits per heavy atom. The maximum absolute atomic E-state index is 11.2. The van der Waals surface area contributed by atoms with E-state index >= 15 is 0 Å². The lowest BCUT2D eigenvalue weighted by molar-refractivity contribution is -0.139. The van der Waals surface area contributed by atoms with E-state index in [1.54, 1.807) is 0 Å². The second kappa shape index (κ2) is 5.05. The number of benzene rings is 1. The standard InChI is InChI=1S/C10H13NO5S/c1-11(17(2,14)15)8-3-5-9(6-4-8)16-7-10(12)13/h3-6H,7H2,1-2H3,(H,12,13). The molecule has 1 aromatic carbocycles. The number of anilines is 1. The molecule has 1 rings (SSSR count). The first-order valence-electron chi connectivity index (χ1n) is 4.69. The first-order chi connectivity index (χ1) is 7.80. The van der Waals surface area contributed by atoms with Crippen LogP contribution in [0.3, 0.4) is 0 Å². The van der Waals surface area contributed by atoms with Crippen molar-refractivity contribution in [2.45, 2.75) is 0 Å². The van der Waals surface area contributed by atoms with E-state index in [9.17, 15) is 13.2 Å². The average Bonchev–Trinajstić information content (AvgIpc) is 2.25. The van der Waals surface area contributed by atoms with Crippen molar-refractivity contribution >= 4 is 21.7 Å². The SMILES string of the molecule is CN(c1ccc(OCC(=O)O)cc1)S(C)(=O)=O. The molecule has 0 aliphatic rings. The largest absolute Gasteiger partial charge is 0.482 e. The fourth-order valence-electron chi connectivity index (χ4n) is 1.09. The Bertz CT molecular complexity index is 494. The molecule has 0 aromatic heterocycles. The number of hydrogen-bond donors (Lipinski definition) is 1. The summed E-state index contributed by atoms with van der Waals surface area (Å²) in [7, 11) is -1.86. The summed E-state index contributed by atoms with van der Waals surface area (Å²) in [6.45, 7) is -0.429. The highest BCUT2D eigenvalue weighted by molar-refractivity contribution is 7.92. The van der Waals surface area contributed by atoms with Crippen molar-refractivity contribution in [1.82, 2.24) is 0 Å². The Labute approximate surface area is 99.5 Å². The minimum Gasteiger partial charge on any atom is -0.482 e. The molecular weight excluding hydrogens is 246 g/mol. The van der Waals surface area contributed by atoms with Crippen molar-refractivity contribution in [2.75, 3.05) is 24.2 Å². The van der Waals surface area contributed by atoms with Crippen LogP contribution in [0.1, 0.15) is 0 Å². The lowest BCUT2D eigenvalue weighted by Gasteiger charge is -2.16. The molecule has 1 N–H and O–H groups in total. The van der Waals surface area contributed by atoms with Gasteiger partial charge in [-0.2, -0.15) is 0 Å². The highest BCUT2D eigenvalue weighted by atomic mass is 32.2. The van der Waals surface area contributed by atoms with E-state index in [0.717, 1.165) is 10.6 Å². The van der Waals surface area contributed by atoms with Gasteiger partial charge in [0.05, 0.1) is 11.9 Å². The number of carbonyl (C=O) groups is 1. The van der Waals surface area contributed by atoms with Crippen molar-refractivity contribution in [3.63, 3.8) is 0 Å². The molecule has 0 unspecified atom stereocenters. The molecule has 0 saturated heterocycles. The second-order valence-corrected chi connectivity index (χ2v) is 5.42. The summed E-state index contributed by atoms with van der Waals surface area (Å²) in [6.07, 6.45) is 1.10. The Morgan fingerprint density at radius 1 is 1.35 bits per heavy atom. The lowest BCUT2D eigenvalue weighted by Crippen LogP contribution is -2.24. The predicted molar refractivity (Wildman–Crippen MR) is 62.8 cm³/mol. The summed E-state index contributed by atoms with van der Waals surface area (Å²) in [5, 5.41) is 8.41. The summed E-state index contributed by atoms with van der Waals surface area (Å²) in [5.74, 6) is -0.694. The molecule has 0 radical (unpaired) electrons. The molecule has 0 bridgehead atoms. The molecule has 94 valence electrons. The smallest absolute Gasteiger partial charge is 0.341 e. The molecule has 1 aromatic rings. The summed E-state index contributed by atoms with van der Waals surface area (Å²) in [4.78, 5) is 10.3. The van der Waals surface area contributed by atoms with Gasteiger partial charge in [0, 0.05) is 7.05 Å². The van der Waals surface area contributed by atoms with Gasteiger partial charge in [-0.1, -0.05) is 0 Å². The van der Waals surface area contributed by atoms with Gasteiger partial charge in [0.2, 0.25) is 10.0 Å². The average molecular weight is 259 g/mol. The van der Waals surface area contributed by atoms with E-state index in [1.807, 2.05) is 0 Å². The number of aliphatic carboxylic acids is 1. The molecule has 0 aliphatic carbocycles. The zero-order valence-corrected chi connectivity index (χ0v) is 10.3. The molecule has 0 fully saturated rings. The number of carboxylic acid groups (broad SMARTS) is 1. The van der Waals surface area contributed by atoms with E-state index in [4.69, 9.17) is 9.84 Å². The van der Waals surface area contributed by atoms with Gasteiger partial charge >= 0.3 is 5.97 Å². The van der Waals surface area contributed by atoms with Crippen molar-refractivity contribution < 1.29 is 23.1 Å². The molecule has 0 spiro atoms. The number of sulfonamides is 1. The van der Waals surface area contributed by atoms with Gasteiger partial charge in [-0.15, -0.1) is 0 Å². The van der Waals surface area contributed by atoms with E-state index in [2.05, 4.69) is 0 Å². The van der Waals surface area contributed by atoms with Gasteiger partial charge in [-0.3, -0.25) is 4.31 Å². The Hall–Kier alpha value is -1.76. The Balaban J connectivity index is 2.78. The normalized spacial score (nSPS) is 10.9. The van der Waals surface area contributed by atoms with Crippen LogP contribution in [0.25, 0.3) is 0 Å². The summed E-state index contributed by atoms with van der Waals surface area (Å²) >= 11 is 0. The molecule has 0 amide bonds. The van der Waals surface area contributed by atoms with Crippen LogP contribution in [0.2, 0.25) is 0 Å². The first-order valence-corrected chi connectivity index (χ1v) is 6.54. The zero-order chi connectivity index (χ0) is 13.1. The zero-order valence-electron chi connectivity index (χ0n) is 9.45. The third kappa shape index (κ3) is 3.95. The minimum absolute atomic E-state index is 0.373.